The summed E-state index contributed by atoms with van der Waals surface area (Å²) in [5, 5.41) is 0.667. The van der Waals surface area contributed by atoms with E-state index >= 15 is 0 Å². The summed E-state index contributed by atoms with van der Waals surface area (Å²) in [4.78, 5) is 21.5. The second-order valence-electron chi connectivity index (χ2n) is 5.18. The summed E-state index contributed by atoms with van der Waals surface area (Å²) >= 11 is 6.01. The highest BCUT2D eigenvalue weighted by Crippen LogP contribution is 2.24. The molecule has 0 radical (unpaired) electrons. The number of hydrogen-bond donors (Lipinski definition) is 1. The number of rotatable bonds is 2. The van der Waals surface area contributed by atoms with Gasteiger partial charge in [-0.05, 0) is 13.0 Å². The molecule has 0 spiro atoms. The van der Waals surface area contributed by atoms with Gasteiger partial charge in [0.2, 0.25) is 0 Å². The lowest BCUT2D eigenvalue weighted by Gasteiger charge is -2.13. The van der Waals surface area contributed by atoms with Gasteiger partial charge in [0.1, 0.15) is 16.5 Å². The maximum atomic E-state index is 12.6. The molecule has 1 aromatic carbocycles. The van der Waals surface area contributed by atoms with E-state index in [0.717, 1.165) is 5.56 Å². The van der Waals surface area contributed by atoms with E-state index in [9.17, 15) is 4.79 Å². The average Bonchev–Trinajstić information content (AvgIpc) is 2.51. The Morgan fingerprint density at radius 2 is 1.87 bits per heavy atom. The molecule has 1 atom stereocenters. The lowest BCUT2D eigenvalue weighted by atomic mass is 10.1. The van der Waals surface area contributed by atoms with Crippen molar-refractivity contribution in [3.63, 3.8) is 0 Å². The summed E-state index contributed by atoms with van der Waals surface area (Å²) in [5.74, 6) is 0.573. The lowest BCUT2D eigenvalue weighted by molar-refractivity contribution is 0.783. The van der Waals surface area contributed by atoms with Crippen molar-refractivity contribution >= 4 is 34.9 Å². The molecule has 0 saturated heterocycles. The molecule has 120 valence electrons. The Kier molecular flexibility index (Phi) is 5.04. The van der Waals surface area contributed by atoms with Gasteiger partial charge < -0.3 is 5.73 Å². The summed E-state index contributed by atoms with van der Waals surface area (Å²) in [7, 11) is 1.69. The molecule has 3 rings (SSSR count). The molecule has 1 unspecified atom stereocenters. The van der Waals surface area contributed by atoms with E-state index in [2.05, 4.69) is 9.97 Å². The third kappa shape index (κ3) is 3.08. The summed E-state index contributed by atoms with van der Waals surface area (Å²) in [6, 6.07) is 10.7. The quantitative estimate of drug-likeness (QED) is 0.720. The normalized spacial score (nSPS) is 12.0. The first-order valence-electron chi connectivity index (χ1n) is 6.87. The predicted molar refractivity (Wildman–Crippen MR) is 95.1 cm³/mol. The number of fused-ring (bicyclic) bond motifs is 1. The van der Waals surface area contributed by atoms with Crippen LogP contribution in [0.15, 0.2) is 41.2 Å². The smallest absolute Gasteiger partial charge is 0.261 e. The highest BCUT2D eigenvalue weighted by atomic mass is 35.5. The lowest BCUT2D eigenvalue weighted by Crippen LogP contribution is -2.22. The van der Waals surface area contributed by atoms with Crippen LogP contribution in [0.3, 0.4) is 0 Å². The standard InChI is InChI=1S/C16H15ClN4O.ClH/c1-9(18)13-14-11(8-12(17)19-13)16(22)21(2)15(20-14)10-6-4-3-5-7-10;/h3-9H,18H2,1-2H3;1H. The zero-order chi connectivity index (χ0) is 15.9. The van der Waals surface area contributed by atoms with Crippen LogP contribution in [-0.2, 0) is 7.05 Å². The van der Waals surface area contributed by atoms with Crippen LogP contribution < -0.4 is 11.3 Å². The Morgan fingerprint density at radius 3 is 2.48 bits per heavy atom. The van der Waals surface area contributed by atoms with Crippen molar-refractivity contribution in [3.05, 3.63) is 57.6 Å². The molecule has 5 nitrogen and oxygen atoms in total. The molecule has 3 aromatic rings. The molecule has 0 bridgehead atoms. The van der Waals surface area contributed by atoms with Crippen molar-refractivity contribution < 1.29 is 0 Å². The van der Waals surface area contributed by atoms with E-state index in [1.54, 1.807) is 14.0 Å². The van der Waals surface area contributed by atoms with E-state index in [1.165, 1.54) is 10.6 Å². The zero-order valence-corrected chi connectivity index (χ0v) is 14.2. The molecule has 2 heterocycles. The second-order valence-corrected chi connectivity index (χ2v) is 5.57. The van der Waals surface area contributed by atoms with Gasteiger partial charge in [-0.15, -0.1) is 12.4 Å². The van der Waals surface area contributed by atoms with Crippen LogP contribution in [0.4, 0.5) is 0 Å². The molecular weight excluding hydrogens is 335 g/mol. The van der Waals surface area contributed by atoms with Crippen LogP contribution >= 0.6 is 24.0 Å². The number of pyridine rings is 1. The minimum absolute atomic E-state index is 0. The number of nitrogens with zero attached hydrogens (tertiary/aromatic N) is 3. The van der Waals surface area contributed by atoms with Crippen LogP contribution in [0.5, 0.6) is 0 Å². The Morgan fingerprint density at radius 1 is 1.22 bits per heavy atom. The van der Waals surface area contributed by atoms with Gasteiger partial charge in [0.25, 0.3) is 5.56 Å². The monoisotopic (exact) mass is 350 g/mol. The van der Waals surface area contributed by atoms with Gasteiger partial charge in [-0.25, -0.2) is 9.97 Å². The van der Waals surface area contributed by atoms with Gasteiger partial charge in [-0.1, -0.05) is 41.9 Å². The molecule has 2 N–H and O–H groups in total. The van der Waals surface area contributed by atoms with Crippen LogP contribution in [0, 0.1) is 0 Å². The van der Waals surface area contributed by atoms with Crippen molar-refractivity contribution in [2.45, 2.75) is 13.0 Å². The molecule has 7 heteroatoms. The fourth-order valence-corrected chi connectivity index (χ4v) is 2.63. The van der Waals surface area contributed by atoms with Crippen molar-refractivity contribution in [3.8, 4) is 11.4 Å². The third-order valence-corrected chi connectivity index (χ3v) is 3.72. The highest BCUT2D eigenvalue weighted by molar-refractivity contribution is 6.30. The fraction of sp³-hybridized carbons (Fsp3) is 0.188. The molecule has 23 heavy (non-hydrogen) atoms. The minimum atomic E-state index is -0.371. The molecule has 0 aliphatic carbocycles. The molecule has 0 saturated carbocycles. The van der Waals surface area contributed by atoms with Gasteiger partial charge >= 0.3 is 0 Å². The van der Waals surface area contributed by atoms with E-state index in [-0.39, 0.29) is 29.2 Å². The summed E-state index contributed by atoms with van der Waals surface area (Å²) < 4.78 is 1.51. The Balaban J connectivity index is 0.00000192. The minimum Gasteiger partial charge on any atom is -0.323 e. The van der Waals surface area contributed by atoms with E-state index < -0.39 is 0 Å². The largest absolute Gasteiger partial charge is 0.323 e. The van der Waals surface area contributed by atoms with E-state index in [4.69, 9.17) is 17.3 Å². The van der Waals surface area contributed by atoms with Crippen molar-refractivity contribution in [1.82, 2.24) is 14.5 Å². The Labute approximate surface area is 144 Å². The molecule has 0 aliphatic rings. The first kappa shape index (κ1) is 17.4. The SMILES string of the molecule is CC(N)c1nc(Cl)cc2c(=O)n(C)c(-c3ccccc3)nc12.Cl. The van der Waals surface area contributed by atoms with Gasteiger partial charge in [0.15, 0.2) is 0 Å². The predicted octanol–water partition coefficient (Wildman–Crippen LogP) is 3.09. The molecule has 2 aromatic heterocycles. The fourth-order valence-electron chi connectivity index (χ4n) is 2.43. The van der Waals surface area contributed by atoms with Crippen molar-refractivity contribution in [1.29, 1.82) is 0 Å². The van der Waals surface area contributed by atoms with E-state index in [1.807, 2.05) is 30.3 Å². The highest BCUT2D eigenvalue weighted by Gasteiger charge is 2.16. The van der Waals surface area contributed by atoms with Crippen LogP contribution in [0.2, 0.25) is 5.15 Å². The van der Waals surface area contributed by atoms with Crippen LogP contribution in [0.1, 0.15) is 18.7 Å². The number of halogens is 2. The number of aromatic nitrogens is 3. The van der Waals surface area contributed by atoms with Crippen molar-refractivity contribution in [2.75, 3.05) is 0 Å². The zero-order valence-electron chi connectivity index (χ0n) is 12.7. The first-order chi connectivity index (χ1) is 10.5. The summed E-state index contributed by atoms with van der Waals surface area (Å²) in [5.41, 5.74) is 7.67. The topological polar surface area (TPSA) is 73.8 Å². The molecular formula is C16H16Cl2N4O. The Hall–Kier alpha value is -1.95. The number of hydrogen-bond acceptors (Lipinski definition) is 4. The maximum absolute atomic E-state index is 12.6. The van der Waals surface area contributed by atoms with Crippen molar-refractivity contribution in [2.24, 2.45) is 12.8 Å². The molecule has 0 aliphatic heterocycles. The van der Waals surface area contributed by atoms with Crippen LogP contribution in [0.25, 0.3) is 22.3 Å². The molecule has 0 fully saturated rings. The number of benzene rings is 1. The average molecular weight is 351 g/mol. The number of nitrogens with two attached hydrogens (primary N) is 1. The second kappa shape index (κ2) is 6.66. The van der Waals surface area contributed by atoms with Gasteiger partial charge in [-0.2, -0.15) is 0 Å². The van der Waals surface area contributed by atoms with Gasteiger partial charge in [0, 0.05) is 18.7 Å². The van der Waals surface area contributed by atoms with Gasteiger partial charge in [0.05, 0.1) is 11.1 Å². The summed E-state index contributed by atoms with van der Waals surface area (Å²) in [6.45, 7) is 1.79. The third-order valence-electron chi connectivity index (χ3n) is 3.52. The van der Waals surface area contributed by atoms with E-state index in [0.29, 0.717) is 22.4 Å². The Bertz CT molecular complexity index is 907. The van der Waals surface area contributed by atoms with Gasteiger partial charge in [-0.3, -0.25) is 9.36 Å². The summed E-state index contributed by atoms with van der Waals surface area (Å²) in [6.07, 6.45) is 0. The van der Waals surface area contributed by atoms with Crippen LogP contribution in [-0.4, -0.2) is 14.5 Å². The maximum Gasteiger partial charge on any atom is 0.261 e. The first-order valence-corrected chi connectivity index (χ1v) is 7.25. The molecule has 0 amide bonds.